The number of anilines is 1. The van der Waals surface area contributed by atoms with Crippen molar-refractivity contribution in [1.82, 2.24) is 10.3 Å². The van der Waals surface area contributed by atoms with Crippen LogP contribution in [0.25, 0.3) is 10.9 Å². The minimum absolute atomic E-state index is 0.00677. The maximum Gasteiger partial charge on any atom is 0.262 e. The van der Waals surface area contributed by atoms with Gasteiger partial charge in [0.2, 0.25) is 0 Å². The summed E-state index contributed by atoms with van der Waals surface area (Å²) in [6, 6.07) is 20.6. The van der Waals surface area contributed by atoms with Gasteiger partial charge in [0, 0.05) is 29.2 Å². The molecule has 0 saturated carbocycles. The monoisotopic (exact) mass is 449 g/mol. The number of nitrogens with one attached hydrogen (secondary N) is 3. The van der Waals surface area contributed by atoms with Crippen molar-refractivity contribution in [1.29, 1.82) is 0 Å². The topological polar surface area (TPSA) is 100 Å². The molecule has 32 heavy (non-hydrogen) atoms. The first-order valence-corrected chi connectivity index (χ1v) is 11.6. The molecule has 1 amide bonds. The number of H-pyrrole nitrogens is 1. The second-order valence-corrected chi connectivity index (χ2v) is 8.88. The fraction of sp³-hybridized carbons (Fsp3) is 0.125. The first kappa shape index (κ1) is 21.5. The van der Waals surface area contributed by atoms with Gasteiger partial charge in [0.25, 0.3) is 15.9 Å². The first-order valence-electron chi connectivity index (χ1n) is 10.1. The highest BCUT2D eigenvalue weighted by Crippen LogP contribution is 2.26. The Labute approximate surface area is 186 Å². The van der Waals surface area contributed by atoms with Crippen molar-refractivity contribution >= 4 is 32.5 Å². The van der Waals surface area contributed by atoms with Gasteiger partial charge in [0.15, 0.2) is 0 Å². The van der Waals surface area contributed by atoms with Gasteiger partial charge >= 0.3 is 0 Å². The Morgan fingerprint density at radius 2 is 1.78 bits per heavy atom. The molecule has 0 radical (unpaired) electrons. The average molecular weight is 450 g/mol. The summed E-state index contributed by atoms with van der Waals surface area (Å²) in [5.74, 6) is 0.0708. The number of hydrogen-bond donors (Lipinski definition) is 3. The molecular formula is C24H23N3O4S. The van der Waals surface area contributed by atoms with Crippen molar-refractivity contribution < 1.29 is 17.9 Å². The Morgan fingerprint density at radius 1 is 1.00 bits per heavy atom. The van der Waals surface area contributed by atoms with Gasteiger partial charge in [0.05, 0.1) is 17.7 Å². The van der Waals surface area contributed by atoms with Crippen LogP contribution < -0.4 is 14.8 Å². The maximum absolute atomic E-state index is 12.8. The standard InChI is InChI=1S/C24H23N3O4S/c1-31-23-12-5-4-11-22(23)27-32(29,30)19-8-6-7-17(15-19)24(28)25-14-13-18-16-26-21-10-3-2-9-20(18)21/h2-12,15-16,26-27H,13-14H2,1H3,(H,25,28). The Balaban J connectivity index is 1.44. The molecule has 0 saturated heterocycles. The van der Waals surface area contributed by atoms with Crippen LogP contribution in [0.5, 0.6) is 5.75 Å². The van der Waals surface area contributed by atoms with E-state index in [0.717, 1.165) is 16.5 Å². The van der Waals surface area contributed by atoms with Crippen LogP contribution in [0.15, 0.2) is 83.9 Å². The molecule has 8 heteroatoms. The molecule has 4 rings (SSSR count). The molecule has 3 N–H and O–H groups in total. The van der Waals surface area contributed by atoms with E-state index in [1.54, 1.807) is 36.4 Å². The highest BCUT2D eigenvalue weighted by molar-refractivity contribution is 7.92. The van der Waals surface area contributed by atoms with Crippen LogP contribution in [0.4, 0.5) is 5.69 Å². The number of benzene rings is 3. The Hall–Kier alpha value is -3.78. The van der Waals surface area contributed by atoms with Gasteiger partial charge < -0.3 is 15.0 Å². The highest BCUT2D eigenvalue weighted by atomic mass is 32.2. The van der Waals surface area contributed by atoms with E-state index in [-0.39, 0.29) is 16.4 Å². The zero-order chi connectivity index (χ0) is 22.6. The maximum atomic E-state index is 12.8. The van der Waals surface area contributed by atoms with Crippen molar-refractivity contribution in [3.8, 4) is 5.75 Å². The lowest BCUT2D eigenvalue weighted by Crippen LogP contribution is -2.26. The molecule has 0 fully saturated rings. The molecule has 1 heterocycles. The molecule has 0 atom stereocenters. The van der Waals surface area contributed by atoms with Gasteiger partial charge in [-0.1, -0.05) is 36.4 Å². The Morgan fingerprint density at radius 3 is 2.62 bits per heavy atom. The van der Waals surface area contributed by atoms with Gasteiger partial charge in [-0.15, -0.1) is 0 Å². The van der Waals surface area contributed by atoms with Crippen LogP contribution in [0.2, 0.25) is 0 Å². The van der Waals surface area contributed by atoms with E-state index in [1.807, 2.05) is 30.5 Å². The van der Waals surface area contributed by atoms with Gasteiger partial charge in [-0.2, -0.15) is 0 Å². The number of carbonyl (C=O) groups is 1. The third-order valence-electron chi connectivity index (χ3n) is 5.11. The summed E-state index contributed by atoms with van der Waals surface area (Å²) in [6.45, 7) is 0.428. The summed E-state index contributed by atoms with van der Waals surface area (Å²) in [6.07, 6.45) is 2.59. The Bertz CT molecular complexity index is 1360. The molecule has 0 aliphatic rings. The van der Waals surface area contributed by atoms with E-state index in [0.29, 0.717) is 24.4 Å². The SMILES string of the molecule is COc1ccccc1NS(=O)(=O)c1cccc(C(=O)NCCc2c[nH]c3ccccc23)c1. The second-order valence-electron chi connectivity index (χ2n) is 7.20. The van der Waals surface area contributed by atoms with E-state index < -0.39 is 10.0 Å². The third-order valence-corrected chi connectivity index (χ3v) is 6.48. The lowest BCUT2D eigenvalue weighted by atomic mass is 10.1. The van der Waals surface area contributed by atoms with Crippen molar-refractivity contribution in [2.75, 3.05) is 18.4 Å². The number of rotatable bonds is 8. The quantitative estimate of drug-likeness (QED) is 0.379. The number of amides is 1. The van der Waals surface area contributed by atoms with Gasteiger partial charge in [-0.25, -0.2) is 8.42 Å². The number of carbonyl (C=O) groups excluding carboxylic acids is 1. The summed E-state index contributed by atoms with van der Waals surface area (Å²) in [5.41, 5.74) is 2.75. The predicted octanol–water partition coefficient (Wildman–Crippen LogP) is 3.95. The predicted molar refractivity (Wildman–Crippen MR) is 125 cm³/mol. The largest absolute Gasteiger partial charge is 0.495 e. The summed E-state index contributed by atoms with van der Waals surface area (Å²) >= 11 is 0. The highest BCUT2D eigenvalue weighted by Gasteiger charge is 2.18. The van der Waals surface area contributed by atoms with Crippen LogP contribution in [0, 0.1) is 0 Å². The smallest absolute Gasteiger partial charge is 0.262 e. The third kappa shape index (κ3) is 4.60. The van der Waals surface area contributed by atoms with Gasteiger partial charge in [0.1, 0.15) is 5.75 Å². The fourth-order valence-electron chi connectivity index (χ4n) is 3.49. The van der Waals surface area contributed by atoms with Crippen molar-refractivity contribution in [2.45, 2.75) is 11.3 Å². The fourth-order valence-corrected chi connectivity index (χ4v) is 4.60. The first-order chi connectivity index (χ1) is 15.5. The minimum atomic E-state index is -3.90. The van der Waals surface area contributed by atoms with Crippen LogP contribution in [0.1, 0.15) is 15.9 Å². The number of sulfonamides is 1. The van der Waals surface area contributed by atoms with Crippen LogP contribution in [-0.4, -0.2) is 33.0 Å². The minimum Gasteiger partial charge on any atom is -0.495 e. The zero-order valence-corrected chi connectivity index (χ0v) is 18.3. The van der Waals surface area contributed by atoms with Crippen molar-refractivity contribution in [3.63, 3.8) is 0 Å². The lowest BCUT2D eigenvalue weighted by Gasteiger charge is -2.12. The summed E-state index contributed by atoms with van der Waals surface area (Å²) < 4.78 is 33.4. The number of fused-ring (bicyclic) bond motifs is 1. The van der Waals surface area contributed by atoms with Gasteiger partial charge in [-0.3, -0.25) is 9.52 Å². The molecule has 1 aromatic heterocycles. The van der Waals surface area contributed by atoms with E-state index in [1.165, 1.54) is 19.2 Å². The average Bonchev–Trinajstić information content (AvgIpc) is 3.22. The van der Waals surface area contributed by atoms with E-state index in [9.17, 15) is 13.2 Å². The van der Waals surface area contributed by atoms with E-state index >= 15 is 0 Å². The summed E-state index contributed by atoms with van der Waals surface area (Å²) in [7, 11) is -2.43. The van der Waals surface area contributed by atoms with Crippen molar-refractivity contribution in [3.05, 3.63) is 90.1 Å². The molecule has 3 aromatic carbocycles. The molecule has 0 spiro atoms. The lowest BCUT2D eigenvalue weighted by molar-refractivity contribution is 0.0954. The zero-order valence-electron chi connectivity index (χ0n) is 17.5. The molecule has 0 unspecified atom stereocenters. The molecule has 0 aliphatic heterocycles. The molecule has 4 aromatic rings. The van der Waals surface area contributed by atoms with E-state index in [2.05, 4.69) is 15.0 Å². The second kappa shape index (κ2) is 9.15. The number of para-hydroxylation sites is 3. The number of ether oxygens (including phenoxy) is 1. The molecular weight excluding hydrogens is 426 g/mol. The van der Waals surface area contributed by atoms with Gasteiger partial charge in [-0.05, 0) is 48.4 Å². The summed E-state index contributed by atoms with van der Waals surface area (Å²) in [4.78, 5) is 15.8. The molecule has 164 valence electrons. The normalized spacial score (nSPS) is 11.3. The number of hydrogen-bond acceptors (Lipinski definition) is 4. The molecule has 0 aliphatic carbocycles. The number of aromatic nitrogens is 1. The van der Waals surface area contributed by atoms with Crippen LogP contribution in [-0.2, 0) is 16.4 Å². The number of methoxy groups -OCH3 is 1. The Kier molecular flexibility index (Phi) is 6.13. The molecule has 7 nitrogen and oxygen atoms in total. The van der Waals surface area contributed by atoms with Crippen molar-refractivity contribution in [2.24, 2.45) is 0 Å². The van der Waals surface area contributed by atoms with Crippen LogP contribution in [0.3, 0.4) is 0 Å². The van der Waals surface area contributed by atoms with Crippen LogP contribution >= 0.6 is 0 Å². The molecule has 0 bridgehead atoms. The summed E-state index contributed by atoms with van der Waals surface area (Å²) in [5, 5.41) is 3.98. The van der Waals surface area contributed by atoms with E-state index in [4.69, 9.17) is 4.74 Å². The number of aromatic amines is 1.